The smallest absolute Gasteiger partial charge is 0.256 e. The molecule has 1 aliphatic rings. The number of hydrogen-bond donors (Lipinski definition) is 0. The molecule has 1 saturated heterocycles. The Kier molecular flexibility index (Phi) is 4.21. The van der Waals surface area contributed by atoms with Crippen LogP contribution >= 0.6 is 0 Å². The number of aryl methyl sites for hydroxylation is 1. The van der Waals surface area contributed by atoms with Gasteiger partial charge in [-0.1, -0.05) is 36.4 Å². The summed E-state index contributed by atoms with van der Waals surface area (Å²) in [4.78, 5) is 29.2. The molecule has 5 nitrogen and oxygen atoms in total. The minimum absolute atomic E-state index is 0.0304. The molecular weight excluding hydrogens is 326 g/mol. The zero-order valence-corrected chi connectivity index (χ0v) is 14.8. The second-order valence-corrected chi connectivity index (χ2v) is 6.62. The van der Waals surface area contributed by atoms with Gasteiger partial charge in [0.05, 0.1) is 5.56 Å². The van der Waals surface area contributed by atoms with Gasteiger partial charge >= 0.3 is 0 Å². The fourth-order valence-corrected chi connectivity index (χ4v) is 3.56. The van der Waals surface area contributed by atoms with E-state index in [0.717, 1.165) is 16.5 Å². The van der Waals surface area contributed by atoms with Crippen molar-refractivity contribution in [2.75, 3.05) is 26.2 Å². The third-order valence-electron chi connectivity index (χ3n) is 5.00. The normalized spacial score (nSPS) is 14.7. The number of carbonyl (C=O) groups is 2. The number of aromatic nitrogens is 1. The molecule has 0 unspecified atom stereocenters. The summed E-state index contributed by atoms with van der Waals surface area (Å²) in [5, 5.41) is 0.975. The molecule has 0 bridgehead atoms. The number of amides is 2. The van der Waals surface area contributed by atoms with Crippen molar-refractivity contribution in [1.82, 2.24) is 14.4 Å². The topological polar surface area (TPSA) is 45.6 Å². The second kappa shape index (κ2) is 6.67. The largest absolute Gasteiger partial charge is 0.350 e. The molecule has 0 atom stereocenters. The summed E-state index contributed by atoms with van der Waals surface area (Å²) in [5.74, 6) is 0.0662. The molecule has 4 rings (SSSR count). The van der Waals surface area contributed by atoms with Crippen LogP contribution in [0, 0.1) is 0 Å². The number of carbonyl (C=O) groups excluding carboxylic acids is 2. The minimum Gasteiger partial charge on any atom is -0.350 e. The molecule has 1 aromatic heterocycles. The Labute approximate surface area is 152 Å². The standard InChI is InChI=1S/C21H21N3O2/c1-22-15-18(17-9-5-6-10-19(17)22)21(26)24-13-11-23(12-14-24)20(25)16-7-3-2-4-8-16/h2-10,15H,11-14H2,1H3. The molecule has 0 spiro atoms. The Balaban J connectivity index is 1.48. The average molecular weight is 347 g/mol. The third kappa shape index (κ3) is 2.86. The number of piperazine rings is 1. The van der Waals surface area contributed by atoms with Crippen molar-refractivity contribution >= 4 is 22.7 Å². The molecule has 2 aromatic carbocycles. The molecule has 0 saturated carbocycles. The number of fused-ring (bicyclic) bond motifs is 1. The highest BCUT2D eigenvalue weighted by molar-refractivity contribution is 6.07. The first-order valence-corrected chi connectivity index (χ1v) is 8.83. The van der Waals surface area contributed by atoms with Crippen LogP contribution in [0.5, 0.6) is 0 Å². The molecule has 0 N–H and O–H groups in total. The van der Waals surface area contributed by atoms with Crippen LogP contribution in [-0.4, -0.2) is 52.4 Å². The molecule has 132 valence electrons. The molecule has 5 heteroatoms. The highest BCUT2D eigenvalue weighted by atomic mass is 16.2. The summed E-state index contributed by atoms with van der Waals surface area (Å²) in [6.07, 6.45) is 1.90. The summed E-state index contributed by atoms with van der Waals surface area (Å²) in [6, 6.07) is 17.2. The van der Waals surface area contributed by atoms with Gasteiger partial charge in [-0.2, -0.15) is 0 Å². The first-order chi connectivity index (χ1) is 12.6. The van der Waals surface area contributed by atoms with Crippen molar-refractivity contribution < 1.29 is 9.59 Å². The summed E-state index contributed by atoms with van der Waals surface area (Å²) < 4.78 is 1.98. The third-order valence-corrected chi connectivity index (χ3v) is 5.00. The quantitative estimate of drug-likeness (QED) is 0.716. The van der Waals surface area contributed by atoms with E-state index in [4.69, 9.17) is 0 Å². The number of para-hydroxylation sites is 1. The number of hydrogen-bond acceptors (Lipinski definition) is 2. The maximum atomic E-state index is 13.0. The van der Waals surface area contributed by atoms with E-state index >= 15 is 0 Å². The van der Waals surface area contributed by atoms with E-state index in [2.05, 4.69) is 0 Å². The van der Waals surface area contributed by atoms with Gasteiger partial charge in [-0.15, -0.1) is 0 Å². The van der Waals surface area contributed by atoms with E-state index < -0.39 is 0 Å². The van der Waals surface area contributed by atoms with E-state index in [9.17, 15) is 9.59 Å². The lowest BCUT2D eigenvalue weighted by atomic mass is 10.1. The summed E-state index contributed by atoms with van der Waals surface area (Å²) in [7, 11) is 1.95. The molecule has 2 amide bonds. The zero-order valence-electron chi connectivity index (χ0n) is 14.8. The predicted molar refractivity (Wildman–Crippen MR) is 101 cm³/mol. The minimum atomic E-state index is 0.0304. The van der Waals surface area contributed by atoms with Gasteiger partial charge in [-0.05, 0) is 18.2 Å². The lowest BCUT2D eigenvalue weighted by Crippen LogP contribution is -2.50. The van der Waals surface area contributed by atoms with Gasteiger partial charge in [0.15, 0.2) is 0 Å². The monoisotopic (exact) mass is 347 g/mol. The highest BCUT2D eigenvalue weighted by Gasteiger charge is 2.26. The van der Waals surface area contributed by atoms with Crippen molar-refractivity contribution in [2.24, 2.45) is 7.05 Å². The van der Waals surface area contributed by atoms with E-state index in [-0.39, 0.29) is 11.8 Å². The van der Waals surface area contributed by atoms with Crippen molar-refractivity contribution in [3.8, 4) is 0 Å². The lowest BCUT2D eigenvalue weighted by molar-refractivity contribution is 0.0536. The highest BCUT2D eigenvalue weighted by Crippen LogP contribution is 2.22. The van der Waals surface area contributed by atoms with E-state index in [1.54, 1.807) is 0 Å². The average Bonchev–Trinajstić information content (AvgIpc) is 3.05. The Morgan fingerprint density at radius 1 is 0.769 bits per heavy atom. The predicted octanol–water partition coefficient (Wildman–Crippen LogP) is 2.78. The maximum Gasteiger partial charge on any atom is 0.256 e. The van der Waals surface area contributed by atoms with Crippen LogP contribution in [-0.2, 0) is 7.05 Å². The Morgan fingerprint density at radius 3 is 2.04 bits per heavy atom. The summed E-state index contributed by atoms with van der Waals surface area (Å²) in [5.41, 5.74) is 2.47. The van der Waals surface area contributed by atoms with E-state index in [1.807, 2.05) is 82.2 Å². The fraction of sp³-hybridized carbons (Fsp3) is 0.238. The second-order valence-electron chi connectivity index (χ2n) is 6.62. The van der Waals surface area contributed by atoms with Crippen molar-refractivity contribution in [1.29, 1.82) is 0 Å². The van der Waals surface area contributed by atoms with Gasteiger partial charge in [0, 0.05) is 55.9 Å². The molecule has 0 radical (unpaired) electrons. The van der Waals surface area contributed by atoms with Crippen LogP contribution in [0.3, 0.4) is 0 Å². The van der Waals surface area contributed by atoms with Crippen molar-refractivity contribution in [3.63, 3.8) is 0 Å². The van der Waals surface area contributed by atoms with Gasteiger partial charge in [-0.25, -0.2) is 0 Å². The van der Waals surface area contributed by atoms with Crippen LogP contribution < -0.4 is 0 Å². The summed E-state index contributed by atoms with van der Waals surface area (Å²) >= 11 is 0. The van der Waals surface area contributed by atoms with Gasteiger partial charge in [0.1, 0.15) is 0 Å². The van der Waals surface area contributed by atoms with Crippen LogP contribution in [0.1, 0.15) is 20.7 Å². The molecule has 26 heavy (non-hydrogen) atoms. The molecule has 0 aliphatic carbocycles. The first kappa shape index (κ1) is 16.4. The molecular formula is C21H21N3O2. The van der Waals surface area contributed by atoms with Crippen molar-refractivity contribution in [3.05, 3.63) is 71.9 Å². The Bertz CT molecular complexity index is 954. The van der Waals surface area contributed by atoms with Gasteiger partial charge < -0.3 is 14.4 Å². The zero-order chi connectivity index (χ0) is 18.1. The van der Waals surface area contributed by atoms with Crippen LogP contribution in [0.15, 0.2) is 60.8 Å². The van der Waals surface area contributed by atoms with Gasteiger partial charge in [0.25, 0.3) is 11.8 Å². The SMILES string of the molecule is Cn1cc(C(=O)N2CCN(C(=O)c3ccccc3)CC2)c2ccccc21. The Morgan fingerprint density at radius 2 is 1.35 bits per heavy atom. The van der Waals surface area contributed by atoms with Gasteiger partial charge in [-0.3, -0.25) is 9.59 Å². The first-order valence-electron chi connectivity index (χ1n) is 8.83. The molecule has 1 fully saturated rings. The molecule has 2 heterocycles. The number of nitrogens with zero attached hydrogens (tertiary/aromatic N) is 3. The van der Waals surface area contributed by atoms with E-state index in [0.29, 0.717) is 31.7 Å². The molecule has 3 aromatic rings. The van der Waals surface area contributed by atoms with Crippen LogP contribution in [0.25, 0.3) is 10.9 Å². The van der Waals surface area contributed by atoms with E-state index in [1.165, 1.54) is 0 Å². The number of benzene rings is 2. The maximum absolute atomic E-state index is 13.0. The van der Waals surface area contributed by atoms with Crippen LogP contribution in [0.2, 0.25) is 0 Å². The van der Waals surface area contributed by atoms with Crippen LogP contribution in [0.4, 0.5) is 0 Å². The molecule has 1 aliphatic heterocycles. The van der Waals surface area contributed by atoms with Gasteiger partial charge in [0.2, 0.25) is 0 Å². The number of rotatable bonds is 2. The Hall–Kier alpha value is -3.08. The van der Waals surface area contributed by atoms with Crippen molar-refractivity contribution in [2.45, 2.75) is 0 Å². The summed E-state index contributed by atoms with van der Waals surface area (Å²) in [6.45, 7) is 2.23. The fourth-order valence-electron chi connectivity index (χ4n) is 3.56. The lowest BCUT2D eigenvalue weighted by Gasteiger charge is -2.34.